The minimum absolute atomic E-state index is 0.231. The number of nitrogens with zero attached hydrogens (tertiary/aromatic N) is 1. The summed E-state index contributed by atoms with van der Waals surface area (Å²) in [5.74, 6) is 0.244. The third kappa shape index (κ3) is 5.75. The van der Waals surface area contributed by atoms with Crippen molar-refractivity contribution in [3.63, 3.8) is 0 Å². The Labute approximate surface area is 86.7 Å². The fraction of sp³-hybridized carbons (Fsp3) is 0.727. The van der Waals surface area contributed by atoms with Gasteiger partial charge in [0.15, 0.2) is 0 Å². The molecule has 0 aromatic rings. The molecule has 0 radical (unpaired) electrons. The maximum atomic E-state index is 11.5. The lowest BCUT2D eigenvalue weighted by molar-refractivity contribution is -0.173. The lowest BCUT2D eigenvalue weighted by Crippen LogP contribution is -2.20. The van der Waals surface area contributed by atoms with Gasteiger partial charge in [0.2, 0.25) is 0 Å². The number of hydrogen-bond acceptors (Lipinski definition) is 3. The summed E-state index contributed by atoms with van der Waals surface area (Å²) in [6.45, 7) is 6.20. The fourth-order valence-electron chi connectivity index (χ4n) is 1.16. The number of rotatable bonds is 5. The minimum atomic E-state index is -0.231. The molecule has 0 aliphatic rings. The summed E-state index contributed by atoms with van der Waals surface area (Å²) in [6, 6.07) is 0. The molecule has 0 N–H and O–H groups in total. The number of carbonyl (C=O) groups is 1. The minimum Gasteiger partial charge on any atom is -0.365 e. The van der Waals surface area contributed by atoms with Gasteiger partial charge in [-0.25, -0.2) is 4.79 Å². The second-order valence-electron chi connectivity index (χ2n) is 3.93. The summed E-state index contributed by atoms with van der Waals surface area (Å²) >= 11 is 0. The zero-order valence-corrected chi connectivity index (χ0v) is 9.83. The van der Waals surface area contributed by atoms with Crippen LogP contribution in [0.15, 0.2) is 11.6 Å². The third-order valence-corrected chi connectivity index (χ3v) is 1.61. The van der Waals surface area contributed by atoms with Crippen molar-refractivity contribution in [1.82, 2.24) is 5.06 Å². The number of carbonyl (C=O) groups excluding carboxylic acids is 1. The summed E-state index contributed by atoms with van der Waals surface area (Å²) in [4.78, 5) is 16.5. The zero-order valence-electron chi connectivity index (χ0n) is 9.83. The van der Waals surface area contributed by atoms with Crippen LogP contribution in [-0.4, -0.2) is 25.1 Å². The molecule has 0 aliphatic heterocycles. The van der Waals surface area contributed by atoms with E-state index in [4.69, 9.17) is 4.84 Å². The SMILES string of the molecule is CCC=C(CC(C)C)C(=O)ON(C)C. The lowest BCUT2D eigenvalue weighted by atomic mass is 10.0. The van der Waals surface area contributed by atoms with Gasteiger partial charge in [-0.15, -0.1) is 5.06 Å². The van der Waals surface area contributed by atoms with Crippen molar-refractivity contribution in [2.24, 2.45) is 5.92 Å². The van der Waals surface area contributed by atoms with Gasteiger partial charge in [0.05, 0.1) is 0 Å². The van der Waals surface area contributed by atoms with Crippen LogP contribution in [0.5, 0.6) is 0 Å². The molecule has 0 saturated heterocycles. The van der Waals surface area contributed by atoms with Crippen LogP contribution < -0.4 is 0 Å². The summed E-state index contributed by atoms with van der Waals surface area (Å²) in [5.41, 5.74) is 0.774. The monoisotopic (exact) mass is 199 g/mol. The van der Waals surface area contributed by atoms with Crippen LogP contribution in [-0.2, 0) is 9.63 Å². The molecule has 0 fully saturated rings. The summed E-state index contributed by atoms with van der Waals surface area (Å²) < 4.78 is 0. The molecule has 0 bridgehead atoms. The average Bonchev–Trinajstić information content (AvgIpc) is 2.01. The number of hydroxylamine groups is 2. The van der Waals surface area contributed by atoms with Crippen LogP contribution >= 0.6 is 0 Å². The van der Waals surface area contributed by atoms with E-state index in [0.29, 0.717) is 5.92 Å². The summed E-state index contributed by atoms with van der Waals surface area (Å²) in [6.07, 6.45) is 3.58. The molecule has 14 heavy (non-hydrogen) atoms. The largest absolute Gasteiger partial charge is 0.365 e. The molecule has 0 aliphatic carbocycles. The van der Waals surface area contributed by atoms with Gasteiger partial charge in [-0.05, 0) is 18.8 Å². The Morgan fingerprint density at radius 2 is 2.00 bits per heavy atom. The van der Waals surface area contributed by atoms with Gasteiger partial charge >= 0.3 is 5.97 Å². The maximum Gasteiger partial charge on any atom is 0.352 e. The van der Waals surface area contributed by atoms with Crippen molar-refractivity contribution >= 4 is 5.97 Å². The second-order valence-corrected chi connectivity index (χ2v) is 3.93. The lowest BCUT2D eigenvalue weighted by Gasteiger charge is -2.13. The van der Waals surface area contributed by atoms with Crippen LogP contribution in [0, 0.1) is 5.92 Å². The molecule has 0 aromatic heterocycles. The molecule has 82 valence electrons. The molecule has 0 atom stereocenters. The van der Waals surface area contributed by atoms with Crippen molar-refractivity contribution in [2.45, 2.75) is 33.6 Å². The molecule has 3 heteroatoms. The molecule has 0 amide bonds. The van der Waals surface area contributed by atoms with E-state index in [9.17, 15) is 4.79 Å². The fourth-order valence-corrected chi connectivity index (χ4v) is 1.16. The summed E-state index contributed by atoms with van der Waals surface area (Å²) in [7, 11) is 3.41. The van der Waals surface area contributed by atoms with Crippen molar-refractivity contribution in [3.8, 4) is 0 Å². The van der Waals surface area contributed by atoms with Gasteiger partial charge in [0.25, 0.3) is 0 Å². The maximum absolute atomic E-state index is 11.5. The highest BCUT2D eigenvalue weighted by atomic mass is 16.7. The molecular formula is C11H21NO2. The Morgan fingerprint density at radius 1 is 1.43 bits per heavy atom. The van der Waals surface area contributed by atoms with Crippen molar-refractivity contribution < 1.29 is 9.63 Å². The van der Waals surface area contributed by atoms with Gasteiger partial charge in [0.1, 0.15) is 0 Å². The van der Waals surface area contributed by atoms with E-state index < -0.39 is 0 Å². The predicted molar refractivity (Wildman–Crippen MR) is 57.6 cm³/mol. The first kappa shape index (κ1) is 13.2. The Morgan fingerprint density at radius 3 is 2.36 bits per heavy atom. The Balaban J connectivity index is 4.34. The molecule has 3 nitrogen and oxygen atoms in total. The molecule has 0 saturated carbocycles. The first-order valence-corrected chi connectivity index (χ1v) is 5.06. The Kier molecular flexibility index (Phi) is 6.21. The van der Waals surface area contributed by atoms with Gasteiger partial charge in [-0.2, -0.15) is 0 Å². The van der Waals surface area contributed by atoms with Crippen LogP contribution in [0.3, 0.4) is 0 Å². The van der Waals surface area contributed by atoms with Crippen molar-refractivity contribution in [3.05, 3.63) is 11.6 Å². The highest BCUT2D eigenvalue weighted by Crippen LogP contribution is 2.13. The van der Waals surface area contributed by atoms with E-state index in [-0.39, 0.29) is 5.97 Å². The summed E-state index contributed by atoms with van der Waals surface area (Å²) in [5, 5.41) is 1.42. The van der Waals surface area contributed by atoms with E-state index in [1.54, 1.807) is 14.1 Å². The normalized spacial score (nSPS) is 12.4. The predicted octanol–water partition coefficient (Wildman–Crippen LogP) is 2.39. The van der Waals surface area contributed by atoms with Gasteiger partial charge in [-0.1, -0.05) is 26.8 Å². The van der Waals surface area contributed by atoms with Crippen molar-refractivity contribution in [1.29, 1.82) is 0 Å². The molecule has 0 rings (SSSR count). The van der Waals surface area contributed by atoms with E-state index in [1.165, 1.54) is 5.06 Å². The van der Waals surface area contributed by atoms with E-state index in [1.807, 2.05) is 13.0 Å². The van der Waals surface area contributed by atoms with Gasteiger partial charge in [-0.3, -0.25) is 0 Å². The third-order valence-electron chi connectivity index (χ3n) is 1.61. The molecule has 0 aromatic carbocycles. The topological polar surface area (TPSA) is 29.5 Å². The smallest absolute Gasteiger partial charge is 0.352 e. The Hall–Kier alpha value is -0.830. The highest BCUT2D eigenvalue weighted by Gasteiger charge is 2.13. The second kappa shape index (κ2) is 6.60. The van der Waals surface area contributed by atoms with Crippen LogP contribution in [0.1, 0.15) is 33.6 Å². The first-order valence-electron chi connectivity index (χ1n) is 5.06. The number of hydrogen-bond donors (Lipinski definition) is 0. The quantitative estimate of drug-likeness (QED) is 0.503. The molecular weight excluding hydrogens is 178 g/mol. The molecule has 0 heterocycles. The standard InChI is InChI=1S/C11H21NO2/c1-6-7-10(8-9(2)3)11(13)14-12(4)5/h7,9H,6,8H2,1-5H3. The van der Waals surface area contributed by atoms with E-state index >= 15 is 0 Å². The van der Waals surface area contributed by atoms with Crippen LogP contribution in [0.2, 0.25) is 0 Å². The van der Waals surface area contributed by atoms with E-state index in [0.717, 1.165) is 18.4 Å². The first-order chi connectivity index (χ1) is 6.47. The zero-order chi connectivity index (χ0) is 11.1. The number of allylic oxidation sites excluding steroid dienone is 1. The molecule has 0 spiro atoms. The highest BCUT2D eigenvalue weighted by molar-refractivity contribution is 5.88. The van der Waals surface area contributed by atoms with E-state index in [2.05, 4.69) is 13.8 Å². The van der Waals surface area contributed by atoms with Gasteiger partial charge in [0, 0.05) is 19.7 Å². The average molecular weight is 199 g/mol. The van der Waals surface area contributed by atoms with Gasteiger partial charge < -0.3 is 4.84 Å². The molecule has 0 unspecified atom stereocenters. The van der Waals surface area contributed by atoms with Crippen LogP contribution in [0.4, 0.5) is 0 Å². The van der Waals surface area contributed by atoms with Crippen LogP contribution in [0.25, 0.3) is 0 Å². The Bertz CT molecular complexity index is 207. The van der Waals surface area contributed by atoms with Crippen molar-refractivity contribution in [2.75, 3.05) is 14.1 Å².